The van der Waals surface area contributed by atoms with Crippen LogP contribution >= 0.6 is 11.8 Å². The van der Waals surface area contributed by atoms with E-state index in [0.29, 0.717) is 5.56 Å². The molecule has 1 N–H and O–H groups in total. The molecule has 22 heavy (non-hydrogen) atoms. The smallest absolute Gasteiger partial charge is 0.256 e. The fraction of sp³-hybridized carbons (Fsp3) is 0.412. The summed E-state index contributed by atoms with van der Waals surface area (Å²) in [4.78, 5) is 16.7. The summed E-state index contributed by atoms with van der Waals surface area (Å²) in [6.45, 7) is 2.69. The first-order chi connectivity index (χ1) is 10.6. The highest BCUT2D eigenvalue weighted by Crippen LogP contribution is 2.19. The minimum absolute atomic E-state index is 0.0110. The summed E-state index contributed by atoms with van der Waals surface area (Å²) in [5.41, 5.74) is 1.80. The number of aryl methyl sites for hydroxylation is 1. The van der Waals surface area contributed by atoms with Crippen LogP contribution in [0.5, 0.6) is 0 Å². The first-order valence-electron chi connectivity index (χ1n) is 7.45. The molecule has 0 bridgehead atoms. The maximum Gasteiger partial charge on any atom is 0.256 e. The number of hydrogen-bond acceptors (Lipinski definition) is 4. The van der Waals surface area contributed by atoms with E-state index >= 15 is 0 Å². The van der Waals surface area contributed by atoms with Crippen molar-refractivity contribution in [3.63, 3.8) is 0 Å². The lowest BCUT2D eigenvalue weighted by molar-refractivity contribution is 0.541. The predicted octanol–water partition coefficient (Wildman–Crippen LogP) is 2.52. The fourth-order valence-electron chi connectivity index (χ4n) is 2.41. The summed E-state index contributed by atoms with van der Waals surface area (Å²) in [5, 5.41) is 3.54. The van der Waals surface area contributed by atoms with Gasteiger partial charge in [0, 0.05) is 18.8 Å². The Morgan fingerprint density at radius 2 is 2.05 bits per heavy atom. The Kier molecular flexibility index (Phi) is 6.21. The highest BCUT2D eigenvalue weighted by molar-refractivity contribution is 7.98. The van der Waals surface area contributed by atoms with Crippen LogP contribution < -0.4 is 10.9 Å². The van der Waals surface area contributed by atoms with Crippen LogP contribution in [0.2, 0.25) is 0 Å². The second kappa shape index (κ2) is 8.15. The number of aromatic nitrogens is 2. The van der Waals surface area contributed by atoms with Crippen molar-refractivity contribution in [3.8, 4) is 0 Å². The van der Waals surface area contributed by atoms with Crippen molar-refractivity contribution in [3.05, 3.63) is 63.8 Å². The van der Waals surface area contributed by atoms with Gasteiger partial charge in [-0.1, -0.05) is 30.3 Å². The molecule has 0 radical (unpaired) electrons. The van der Waals surface area contributed by atoms with Crippen LogP contribution in [0.15, 0.2) is 41.3 Å². The molecule has 4 nitrogen and oxygen atoms in total. The number of rotatable bonds is 7. The van der Waals surface area contributed by atoms with E-state index in [4.69, 9.17) is 0 Å². The SMILES string of the molecule is CSCCCNC(c1ccccc1)c1ncc(C)c(=O)n1C. The molecule has 0 saturated carbocycles. The van der Waals surface area contributed by atoms with Crippen molar-refractivity contribution in [2.45, 2.75) is 19.4 Å². The monoisotopic (exact) mass is 317 g/mol. The minimum Gasteiger partial charge on any atom is -0.304 e. The highest BCUT2D eigenvalue weighted by Gasteiger charge is 2.18. The van der Waals surface area contributed by atoms with E-state index in [2.05, 4.69) is 28.7 Å². The van der Waals surface area contributed by atoms with Gasteiger partial charge in [-0.2, -0.15) is 11.8 Å². The number of nitrogens with one attached hydrogen (secondary N) is 1. The second-order valence-corrected chi connectivity index (χ2v) is 6.29. The third-order valence-corrected chi connectivity index (χ3v) is 4.34. The topological polar surface area (TPSA) is 46.9 Å². The van der Waals surface area contributed by atoms with Gasteiger partial charge in [-0.05, 0) is 37.5 Å². The molecule has 1 aromatic carbocycles. The van der Waals surface area contributed by atoms with Crippen LogP contribution in [0.4, 0.5) is 0 Å². The average molecular weight is 317 g/mol. The molecular weight excluding hydrogens is 294 g/mol. The Morgan fingerprint density at radius 1 is 1.32 bits per heavy atom. The molecule has 1 aromatic heterocycles. The fourth-order valence-corrected chi connectivity index (χ4v) is 2.84. The number of thioether (sulfide) groups is 1. The second-order valence-electron chi connectivity index (χ2n) is 5.31. The molecule has 0 amide bonds. The largest absolute Gasteiger partial charge is 0.304 e. The van der Waals surface area contributed by atoms with Crippen molar-refractivity contribution >= 4 is 11.8 Å². The van der Waals surface area contributed by atoms with Crippen LogP contribution in [0.1, 0.15) is 29.4 Å². The molecule has 2 aromatic rings. The van der Waals surface area contributed by atoms with E-state index in [9.17, 15) is 4.79 Å². The third-order valence-electron chi connectivity index (χ3n) is 3.64. The maximum absolute atomic E-state index is 12.2. The Hall–Kier alpha value is -1.59. The molecule has 1 atom stereocenters. The van der Waals surface area contributed by atoms with Crippen LogP contribution in [-0.2, 0) is 7.05 Å². The lowest BCUT2D eigenvalue weighted by Gasteiger charge is -2.21. The van der Waals surface area contributed by atoms with Gasteiger partial charge in [0.25, 0.3) is 5.56 Å². The van der Waals surface area contributed by atoms with Crippen LogP contribution in [-0.4, -0.2) is 28.1 Å². The molecule has 5 heteroatoms. The van der Waals surface area contributed by atoms with Gasteiger partial charge in [0.05, 0.1) is 6.04 Å². The Balaban J connectivity index is 2.32. The molecule has 1 heterocycles. The van der Waals surface area contributed by atoms with Crippen molar-refractivity contribution in [2.24, 2.45) is 7.05 Å². The molecule has 0 aliphatic carbocycles. The molecule has 0 spiro atoms. The van der Waals surface area contributed by atoms with E-state index in [0.717, 1.165) is 30.1 Å². The molecule has 0 saturated heterocycles. The van der Waals surface area contributed by atoms with Crippen molar-refractivity contribution < 1.29 is 0 Å². The first kappa shape index (κ1) is 16.8. The third kappa shape index (κ3) is 3.99. The van der Waals surface area contributed by atoms with Gasteiger partial charge in [0.1, 0.15) is 5.82 Å². The lowest BCUT2D eigenvalue weighted by atomic mass is 10.1. The van der Waals surface area contributed by atoms with Gasteiger partial charge in [-0.25, -0.2) is 4.98 Å². The average Bonchev–Trinajstić information content (AvgIpc) is 2.55. The Bertz CT molecular complexity index is 655. The van der Waals surface area contributed by atoms with Crippen LogP contribution in [0, 0.1) is 6.92 Å². The molecule has 1 unspecified atom stereocenters. The summed E-state index contributed by atoms with van der Waals surface area (Å²) in [7, 11) is 1.79. The van der Waals surface area contributed by atoms with E-state index in [-0.39, 0.29) is 11.6 Å². The zero-order valence-corrected chi connectivity index (χ0v) is 14.2. The quantitative estimate of drug-likeness (QED) is 0.797. The van der Waals surface area contributed by atoms with Crippen molar-refractivity contribution in [1.82, 2.24) is 14.9 Å². The minimum atomic E-state index is -0.0682. The van der Waals surface area contributed by atoms with Gasteiger partial charge in [-0.15, -0.1) is 0 Å². The molecule has 0 fully saturated rings. The van der Waals surface area contributed by atoms with Crippen LogP contribution in [0.25, 0.3) is 0 Å². The first-order valence-corrected chi connectivity index (χ1v) is 8.84. The summed E-state index contributed by atoms with van der Waals surface area (Å²) in [6.07, 6.45) is 4.86. The highest BCUT2D eigenvalue weighted by atomic mass is 32.2. The Morgan fingerprint density at radius 3 is 2.73 bits per heavy atom. The van der Waals surface area contributed by atoms with E-state index in [1.807, 2.05) is 30.0 Å². The van der Waals surface area contributed by atoms with E-state index in [1.165, 1.54) is 0 Å². The number of benzene rings is 1. The normalized spacial score (nSPS) is 12.3. The Labute approximate surface area is 136 Å². The molecule has 0 aliphatic rings. The van der Waals surface area contributed by atoms with Crippen molar-refractivity contribution in [1.29, 1.82) is 0 Å². The van der Waals surface area contributed by atoms with Gasteiger partial charge in [0.15, 0.2) is 0 Å². The number of hydrogen-bond donors (Lipinski definition) is 1. The van der Waals surface area contributed by atoms with Gasteiger partial charge < -0.3 is 5.32 Å². The number of nitrogens with zero attached hydrogens (tertiary/aromatic N) is 2. The molecule has 0 aliphatic heterocycles. The zero-order chi connectivity index (χ0) is 15.9. The summed E-state index contributed by atoms with van der Waals surface area (Å²) >= 11 is 1.84. The molecule has 2 rings (SSSR count). The zero-order valence-electron chi connectivity index (χ0n) is 13.4. The molecular formula is C17H23N3OS. The van der Waals surface area contributed by atoms with E-state index < -0.39 is 0 Å². The van der Waals surface area contributed by atoms with E-state index in [1.54, 1.807) is 24.7 Å². The summed E-state index contributed by atoms with van der Waals surface area (Å²) in [5.74, 6) is 1.88. The standard InChI is InChI=1S/C17H23N3OS/c1-13-12-19-16(20(2)17(13)21)15(18-10-7-11-22-3)14-8-5-4-6-9-14/h4-6,8-9,12,15,18H,7,10-11H2,1-3H3. The summed E-state index contributed by atoms with van der Waals surface area (Å²) < 4.78 is 1.65. The predicted molar refractivity (Wildman–Crippen MR) is 93.5 cm³/mol. The van der Waals surface area contributed by atoms with Gasteiger partial charge in [0.2, 0.25) is 0 Å². The lowest BCUT2D eigenvalue weighted by Crippen LogP contribution is -2.32. The maximum atomic E-state index is 12.2. The van der Waals surface area contributed by atoms with Gasteiger partial charge in [-0.3, -0.25) is 9.36 Å². The summed E-state index contributed by atoms with van der Waals surface area (Å²) in [6, 6.07) is 10.1. The van der Waals surface area contributed by atoms with Crippen LogP contribution in [0.3, 0.4) is 0 Å². The molecule has 118 valence electrons. The van der Waals surface area contributed by atoms with Crippen molar-refractivity contribution in [2.75, 3.05) is 18.6 Å². The van der Waals surface area contributed by atoms with Gasteiger partial charge >= 0.3 is 0 Å².